The first kappa shape index (κ1) is 33.8. The molecule has 2 amide bonds. The maximum absolute atomic E-state index is 12.5. The van der Waals surface area contributed by atoms with Gasteiger partial charge in [0.2, 0.25) is 11.8 Å². The molecule has 12 nitrogen and oxygen atoms in total. The molecular weight excluding hydrogens is 560 g/mol. The van der Waals surface area contributed by atoms with Gasteiger partial charge >= 0.3 is 23.9 Å². The molecule has 3 aliphatic rings. The summed E-state index contributed by atoms with van der Waals surface area (Å²) >= 11 is 0. The summed E-state index contributed by atoms with van der Waals surface area (Å²) in [4.78, 5) is 71.5. The van der Waals surface area contributed by atoms with Crippen molar-refractivity contribution < 1.29 is 47.7 Å². The Bertz CT molecular complexity index is 1120. The van der Waals surface area contributed by atoms with Crippen molar-refractivity contribution in [1.82, 2.24) is 10.6 Å². The molecule has 3 fully saturated rings. The number of hydrogen-bond donors (Lipinski definition) is 2. The molecule has 238 valence electrons. The van der Waals surface area contributed by atoms with E-state index >= 15 is 0 Å². The molecule has 5 unspecified atom stereocenters. The molecule has 0 aromatic rings. The Hall–Kier alpha value is -3.70. The number of fused-ring (bicyclic) bond motifs is 1. The van der Waals surface area contributed by atoms with Gasteiger partial charge in [-0.1, -0.05) is 13.2 Å². The summed E-state index contributed by atoms with van der Waals surface area (Å²) in [5.41, 5.74) is 0.711. The van der Waals surface area contributed by atoms with E-state index in [-0.39, 0.29) is 92.3 Å². The van der Waals surface area contributed by atoms with Crippen LogP contribution in [0, 0.1) is 29.1 Å². The third-order valence-electron chi connectivity index (χ3n) is 8.81. The molecule has 0 radical (unpaired) electrons. The van der Waals surface area contributed by atoms with Crippen LogP contribution in [-0.2, 0) is 47.7 Å². The largest absolute Gasteiger partial charge is 0.462 e. The van der Waals surface area contributed by atoms with E-state index in [0.29, 0.717) is 24.9 Å². The van der Waals surface area contributed by atoms with E-state index in [1.807, 2.05) is 0 Å². The highest BCUT2D eigenvalue weighted by Crippen LogP contribution is 2.72. The summed E-state index contributed by atoms with van der Waals surface area (Å²) in [6.45, 7) is 10.6. The fourth-order valence-corrected chi connectivity index (χ4v) is 6.82. The van der Waals surface area contributed by atoms with Crippen molar-refractivity contribution in [2.75, 3.05) is 39.5 Å². The van der Waals surface area contributed by atoms with Crippen molar-refractivity contribution in [3.8, 4) is 0 Å². The summed E-state index contributed by atoms with van der Waals surface area (Å²) < 4.78 is 19.7. The lowest BCUT2D eigenvalue weighted by molar-refractivity contribution is -0.150. The van der Waals surface area contributed by atoms with E-state index in [9.17, 15) is 28.8 Å². The molecule has 1 spiro atoms. The number of carbonyl (C=O) groups is 6. The molecule has 2 bridgehead atoms. The average molecular weight is 605 g/mol. The minimum Gasteiger partial charge on any atom is -0.462 e. The Morgan fingerprint density at radius 1 is 0.721 bits per heavy atom. The topological polar surface area (TPSA) is 163 Å². The molecule has 3 aliphatic carbocycles. The van der Waals surface area contributed by atoms with Crippen LogP contribution in [0.3, 0.4) is 0 Å². The number of hydrogen-bond acceptors (Lipinski definition) is 10. The minimum absolute atomic E-state index is 0.00993. The smallest absolute Gasteiger partial charge is 0.333 e. The van der Waals surface area contributed by atoms with Crippen LogP contribution in [-0.4, -0.2) is 75.2 Å². The van der Waals surface area contributed by atoms with Gasteiger partial charge in [-0.05, 0) is 68.6 Å². The zero-order valence-corrected chi connectivity index (χ0v) is 25.2. The Morgan fingerprint density at radius 2 is 1.21 bits per heavy atom. The van der Waals surface area contributed by atoms with E-state index < -0.39 is 23.9 Å². The number of amides is 2. The van der Waals surface area contributed by atoms with Gasteiger partial charge in [0.05, 0.1) is 12.8 Å². The Balaban J connectivity index is 1.34. The molecule has 12 heteroatoms. The van der Waals surface area contributed by atoms with E-state index in [1.165, 1.54) is 20.3 Å². The third kappa shape index (κ3) is 9.39. The van der Waals surface area contributed by atoms with Crippen molar-refractivity contribution in [2.45, 2.75) is 65.2 Å². The lowest BCUT2D eigenvalue weighted by Gasteiger charge is -2.59. The summed E-state index contributed by atoms with van der Waals surface area (Å²) in [6.07, 6.45) is 4.43. The van der Waals surface area contributed by atoms with Crippen LogP contribution in [0.25, 0.3) is 0 Å². The van der Waals surface area contributed by atoms with Gasteiger partial charge in [-0.2, -0.15) is 0 Å². The number of rotatable bonds is 18. The minimum atomic E-state index is -0.557. The standard InChI is InChI=1S/C31H44N2O10/c1-19(2)29(38)42-13-11-40-27(36)7-5-25(34)32-17-22-23-15-21-9-10-31(23,16-21)24(22)18-33-26(35)6-8-28(37)41-12-14-43-30(39)20(3)4/h21-24H,1,3,5-18H2,2,4H3,(H,32,34)(H,33,35). The molecule has 0 heterocycles. The number of esters is 4. The van der Waals surface area contributed by atoms with Crippen LogP contribution in [0.15, 0.2) is 24.3 Å². The summed E-state index contributed by atoms with van der Waals surface area (Å²) in [6, 6.07) is 0. The Kier molecular flexibility index (Phi) is 12.3. The zero-order valence-electron chi connectivity index (χ0n) is 25.2. The monoisotopic (exact) mass is 604 g/mol. The van der Waals surface area contributed by atoms with Crippen molar-refractivity contribution in [2.24, 2.45) is 29.1 Å². The normalized spacial score (nSPS) is 24.5. The second-order valence-electron chi connectivity index (χ2n) is 11.8. The van der Waals surface area contributed by atoms with E-state index in [0.717, 1.165) is 19.3 Å². The highest BCUT2D eigenvalue weighted by Gasteiger charge is 2.67. The molecule has 0 aliphatic heterocycles. The van der Waals surface area contributed by atoms with E-state index in [2.05, 4.69) is 23.8 Å². The molecule has 0 aromatic heterocycles. The van der Waals surface area contributed by atoms with Gasteiger partial charge in [0, 0.05) is 37.1 Å². The predicted octanol–water partition coefficient (Wildman–Crippen LogP) is 2.16. The maximum Gasteiger partial charge on any atom is 0.333 e. The van der Waals surface area contributed by atoms with Gasteiger partial charge in [0.25, 0.3) is 0 Å². The SMILES string of the molecule is C=C(C)C(=O)OCCOC(=O)CCC(=O)NCC1C(CNC(=O)CCC(=O)OCCOC(=O)C(=C)C)C23CCC(CC12)C3. The molecule has 0 saturated heterocycles. The molecule has 0 aromatic carbocycles. The van der Waals surface area contributed by atoms with Crippen molar-refractivity contribution in [3.05, 3.63) is 24.3 Å². The second kappa shape index (κ2) is 15.7. The first-order valence-corrected chi connectivity index (χ1v) is 14.9. The fourth-order valence-electron chi connectivity index (χ4n) is 6.82. The van der Waals surface area contributed by atoms with Crippen molar-refractivity contribution in [3.63, 3.8) is 0 Å². The highest BCUT2D eigenvalue weighted by atomic mass is 16.6. The Labute approximate surface area is 252 Å². The molecule has 43 heavy (non-hydrogen) atoms. The Morgan fingerprint density at radius 3 is 1.70 bits per heavy atom. The van der Waals surface area contributed by atoms with Crippen LogP contribution in [0.4, 0.5) is 0 Å². The number of nitrogens with one attached hydrogen (secondary N) is 2. The maximum atomic E-state index is 12.5. The first-order chi connectivity index (χ1) is 20.4. The number of ether oxygens (including phenoxy) is 4. The van der Waals surface area contributed by atoms with Crippen LogP contribution >= 0.6 is 0 Å². The first-order valence-electron chi connectivity index (χ1n) is 14.9. The van der Waals surface area contributed by atoms with Crippen LogP contribution in [0.1, 0.15) is 65.2 Å². The van der Waals surface area contributed by atoms with Gasteiger partial charge in [0.1, 0.15) is 26.4 Å². The summed E-state index contributed by atoms with van der Waals surface area (Å²) in [5.74, 6) is -1.03. The molecule has 5 atom stereocenters. The van der Waals surface area contributed by atoms with E-state index in [1.54, 1.807) is 0 Å². The molecular formula is C31H44N2O10. The van der Waals surface area contributed by atoms with Gasteiger partial charge in [-0.3, -0.25) is 19.2 Å². The highest BCUT2D eigenvalue weighted by molar-refractivity contribution is 5.87. The van der Waals surface area contributed by atoms with Crippen LogP contribution in [0.2, 0.25) is 0 Å². The van der Waals surface area contributed by atoms with Crippen molar-refractivity contribution >= 4 is 35.7 Å². The van der Waals surface area contributed by atoms with Gasteiger partial charge in [-0.25, -0.2) is 9.59 Å². The van der Waals surface area contributed by atoms with Crippen molar-refractivity contribution in [1.29, 1.82) is 0 Å². The van der Waals surface area contributed by atoms with Gasteiger partial charge < -0.3 is 29.6 Å². The van der Waals surface area contributed by atoms with E-state index in [4.69, 9.17) is 18.9 Å². The average Bonchev–Trinajstić information content (AvgIpc) is 3.54. The fraction of sp³-hybridized carbons (Fsp3) is 0.677. The second-order valence-corrected chi connectivity index (χ2v) is 11.8. The van der Waals surface area contributed by atoms with Gasteiger partial charge in [0.15, 0.2) is 0 Å². The molecule has 3 rings (SSSR count). The zero-order chi connectivity index (χ0) is 31.6. The summed E-state index contributed by atoms with van der Waals surface area (Å²) in [7, 11) is 0. The lowest BCUT2D eigenvalue weighted by atomic mass is 9.46. The predicted molar refractivity (Wildman–Crippen MR) is 153 cm³/mol. The molecule has 2 N–H and O–H groups in total. The van der Waals surface area contributed by atoms with Crippen LogP contribution < -0.4 is 10.6 Å². The third-order valence-corrected chi connectivity index (χ3v) is 8.81. The lowest BCUT2D eigenvalue weighted by Crippen LogP contribution is -2.60. The van der Waals surface area contributed by atoms with Crippen LogP contribution in [0.5, 0.6) is 0 Å². The summed E-state index contributed by atoms with van der Waals surface area (Å²) in [5, 5.41) is 5.95. The number of carbonyl (C=O) groups excluding carboxylic acids is 6. The quantitative estimate of drug-likeness (QED) is 0.103. The molecule has 3 saturated carbocycles. The van der Waals surface area contributed by atoms with Gasteiger partial charge in [-0.15, -0.1) is 0 Å².